The van der Waals surface area contributed by atoms with E-state index >= 15 is 0 Å². The van der Waals surface area contributed by atoms with Crippen LogP contribution in [0.25, 0.3) is 0 Å². The van der Waals surface area contributed by atoms with Gasteiger partial charge in [0.1, 0.15) is 0 Å². The van der Waals surface area contributed by atoms with Crippen molar-refractivity contribution in [1.29, 1.82) is 0 Å². The fourth-order valence-corrected chi connectivity index (χ4v) is 4.26. The van der Waals surface area contributed by atoms with Crippen LogP contribution in [0.3, 0.4) is 0 Å². The minimum absolute atomic E-state index is 0.0485. The van der Waals surface area contributed by atoms with Crippen LogP contribution in [-0.4, -0.2) is 39.6 Å². The molecule has 1 aliphatic carbocycles. The molecule has 0 aromatic carbocycles. The molecule has 1 aliphatic heterocycles. The summed E-state index contributed by atoms with van der Waals surface area (Å²) in [6.45, 7) is 15.6. The van der Waals surface area contributed by atoms with Gasteiger partial charge in [-0.15, -0.1) is 0 Å². The molecule has 1 spiro atoms. The molecule has 1 saturated carbocycles. The second-order valence-corrected chi connectivity index (χ2v) is 13.2. The topological polar surface area (TPSA) is 54.0 Å². The number of ether oxygens (including phenoxy) is 3. The lowest BCUT2D eigenvalue weighted by Gasteiger charge is -2.48. The van der Waals surface area contributed by atoms with E-state index in [1.54, 1.807) is 0 Å². The molecule has 6 heteroatoms. The monoisotopic (exact) mass is 344 g/mol. The van der Waals surface area contributed by atoms with Crippen LogP contribution in [0.4, 0.5) is 0 Å². The molecule has 0 radical (unpaired) electrons. The average Bonchev–Trinajstić information content (AvgIpc) is 2.71. The number of esters is 1. The molecule has 2 unspecified atom stereocenters. The normalized spacial score (nSPS) is 34.5. The Labute approximate surface area is 141 Å². The third kappa shape index (κ3) is 3.98. The number of hydrogen-bond donors (Lipinski definition) is 0. The Bertz CT molecular complexity index is 437. The zero-order valence-corrected chi connectivity index (χ0v) is 16.6. The highest BCUT2D eigenvalue weighted by atomic mass is 28.4. The fourth-order valence-electron chi connectivity index (χ4n) is 3.20. The Hall–Kier alpha value is -0.433. The summed E-state index contributed by atoms with van der Waals surface area (Å²) in [7, 11) is -1.79. The van der Waals surface area contributed by atoms with Crippen molar-refractivity contribution in [3.63, 3.8) is 0 Å². The van der Waals surface area contributed by atoms with E-state index in [2.05, 4.69) is 33.9 Å². The highest BCUT2D eigenvalue weighted by Gasteiger charge is 2.58. The first-order valence-corrected chi connectivity index (χ1v) is 11.5. The molecular formula is C17H32O5Si. The molecule has 5 nitrogen and oxygen atoms in total. The fraction of sp³-hybridized carbons (Fsp3) is 0.941. The molecule has 23 heavy (non-hydrogen) atoms. The highest BCUT2D eigenvalue weighted by Crippen LogP contribution is 2.51. The first kappa shape index (κ1) is 18.9. The molecule has 2 atom stereocenters. The van der Waals surface area contributed by atoms with Gasteiger partial charge in [-0.1, -0.05) is 20.8 Å². The zero-order chi connectivity index (χ0) is 17.5. The maximum Gasteiger partial charge on any atom is 0.302 e. The molecule has 2 aliphatic rings. The van der Waals surface area contributed by atoms with Crippen LogP contribution in [-0.2, 0) is 23.4 Å². The molecule has 1 heterocycles. The molecule has 134 valence electrons. The van der Waals surface area contributed by atoms with Crippen molar-refractivity contribution in [1.82, 2.24) is 0 Å². The second kappa shape index (κ2) is 6.46. The Morgan fingerprint density at radius 2 is 1.87 bits per heavy atom. The van der Waals surface area contributed by atoms with Gasteiger partial charge in [0.15, 0.2) is 20.4 Å². The van der Waals surface area contributed by atoms with Crippen LogP contribution in [0.2, 0.25) is 18.1 Å². The van der Waals surface area contributed by atoms with Gasteiger partial charge in [0, 0.05) is 20.0 Å². The van der Waals surface area contributed by atoms with Gasteiger partial charge >= 0.3 is 5.97 Å². The van der Waals surface area contributed by atoms with E-state index in [1.165, 1.54) is 6.92 Å². The van der Waals surface area contributed by atoms with Crippen LogP contribution < -0.4 is 0 Å². The Kier molecular flexibility index (Phi) is 5.31. The second-order valence-electron chi connectivity index (χ2n) is 8.39. The summed E-state index contributed by atoms with van der Waals surface area (Å²) in [5, 5.41) is 0.187. The standard InChI is InChI=1S/C17H32O5Si/c1-12(18)19-11-15-14(8-9-17(15)21-13(2)22-17)10-20-23(6,7)16(3,4)5/h13-15H,8-11H2,1-7H3/t13-,14?,15?,17-. The summed E-state index contributed by atoms with van der Waals surface area (Å²) in [6.07, 6.45) is 1.65. The van der Waals surface area contributed by atoms with Gasteiger partial charge in [0.05, 0.1) is 12.5 Å². The van der Waals surface area contributed by atoms with E-state index < -0.39 is 14.1 Å². The van der Waals surface area contributed by atoms with Crippen LogP contribution in [0.5, 0.6) is 0 Å². The predicted molar refractivity (Wildman–Crippen MR) is 90.4 cm³/mol. The van der Waals surface area contributed by atoms with E-state index in [-0.39, 0.29) is 23.2 Å². The minimum atomic E-state index is -1.79. The quantitative estimate of drug-likeness (QED) is 0.562. The van der Waals surface area contributed by atoms with Gasteiger partial charge in [-0.3, -0.25) is 4.79 Å². The van der Waals surface area contributed by atoms with Crippen molar-refractivity contribution in [3.8, 4) is 0 Å². The van der Waals surface area contributed by atoms with Gasteiger partial charge in [-0.25, -0.2) is 0 Å². The Morgan fingerprint density at radius 3 is 2.35 bits per heavy atom. The molecular weight excluding hydrogens is 312 g/mol. The number of carbonyl (C=O) groups excluding carboxylic acids is 1. The van der Waals surface area contributed by atoms with Crippen molar-refractivity contribution in [3.05, 3.63) is 0 Å². The van der Waals surface area contributed by atoms with Crippen molar-refractivity contribution in [2.24, 2.45) is 11.8 Å². The molecule has 0 bridgehead atoms. The first-order valence-electron chi connectivity index (χ1n) is 8.60. The van der Waals surface area contributed by atoms with E-state index in [1.807, 2.05) is 6.92 Å². The highest BCUT2D eigenvalue weighted by molar-refractivity contribution is 6.74. The smallest absolute Gasteiger partial charge is 0.302 e. The van der Waals surface area contributed by atoms with E-state index in [0.29, 0.717) is 19.1 Å². The van der Waals surface area contributed by atoms with Gasteiger partial charge in [-0.2, -0.15) is 0 Å². The van der Waals surface area contributed by atoms with Gasteiger partial charge < -0.3 is 18.6 Å². The molecule has 1 saturated heterocycles. The lowest BCUT2D eigenvalue weighted by Crippen LogP contribution is -2.57. The summed E-state index contributed by atoms with van der Waals surface area (Å²) >= 11 is 0. The number of hydrogen-bond acceptors (Lipinski definition) is 5. The van der Waals surface area contributed by atoms with Crippen molar-refractivity contribution >= 4 is 14.3 Å². The third-order valence-electron chi connectivity index (χ3n) is 5.66. The molecule has 0 aromatic heterocycles. The minimum Gasteiger partial charge on any atom is -0.465 e. The maximum atomic E-state index is 11.2. The predicted octanol–water partition coefficient (Wildman–Crippen LogP) is 3.69. The van der Waals surface area contributed by atoms with Crippen LogP contribution in [0.1, 0.15) is 47.5 Å². The van der Waals surface area contributed by atoms with Crippen LogP contribution >= 0.6 is 0 Å². The summed E-state index contributed by atoms with van der Waals surface area (Å²) < 4.78 is 23.5. The van der Waals surface area contributed by atoms with Crippen molar-refractivity contribution in [2.45, 2.75) is 77.7 Å². The van der Waals surface area contributed by atoms with Crippen molar-refractivity contribution in [2.75, 3.05) is 13.2 Å². The molecule has 0 aromatic rings. The lowest BCUT2D eigenvalue weighted by atomic mass is 9.93. The summed E-state index contributed by atoms with van der Waals surface area (Å²) in [5.74, 6) is -0.483. The Balaban J connectivity index is 2.01. The van der Waals surface area contributed by atoms with E-state index in [4.69, 9.17) is 18.6 Å². The SMILES string of the molecule is CC(=O)OCC1C(CO[Si](C)(C)C(C)(C)C)CC[C@]12O[C@@H](C)O2. The van der Waals surface area contributed by atoms with Crippen LogP contribution in [0, 0.1) is 11.8 Å². The first-order chi connectivity index (χ1) is 10.5. The van der Waals surface area contributed by atoms with E-state index in [0.717, 1.165) is 12.8 Å². The summed E-state index contributed by atoms with van der Waals surface area (Å²) in [4.78, 5) is 11.2. The van der Waals surface area contributed by atoms with Crippen molar-refractivity contribution < 1.29 is 23.4 Å². The van der Waals surface area contributed by atoms with Gasteiger partial charge in [-0.05, 0) is 37.4 Å². The molecule has 2 rings (SSSR count). The van der Waals surface area contributed by atoms with Gasteiger partial charge in [0.25, 0.3) is 0 Å². The lowest BCUT2D eigenvalue weighted by molar-refractivity contribution is -0.460. The third-order valence-corrected chi connectivity index (χ3v) is 10.2. The number of carbonyl (C=O) groups is 1. The largest absolute Gasteiger partial charge is 0.465 e. The number of rotatable bonds is 5. The zero-order valence-electron chi connectivity index (χ0n) is 15.6. The summed E-state index contributed by atoms with van der Waals surface area (Å²) in [5.41, 5.74) is 0. The molecule has 0 amide bonds. The molecule has 2 fully saturated rings. The summed E-state index contributed by atoms with van der Waals surface area (Å²) in [6, 6.07) is 0. The maximum absolute atomic E-state index is 11.2. The molecule has 0 N–H and O–H groups in total. The Morgan fingerprint density at radius 1 is 1.26 bits per heavy atom. The van der Waals surface area contributed by atoms with Crippen LogP contribution in [0.15, 0.2) is 0 Å². The van der Waals surface area contributed by atoms with Gasteiger partial charge in [0.2, 0.25) is 0 Å². The van der Waals surface area contributed by atoms with E-state index in [9.17, 15) is 4.79 Å². The average molecular weight is 345 g/mol.